The maximum Gasteiger partial charge on any atom is 0.273 e. The van der Waals surface area contributed by atoms with Crippen LogP contribution in [0.2, 0.25) is 0 Å². The summed E-state index contributed by atoms with van der Waals surface area (Å²) in [5.41, 5.74) is 7.16. The number of nitrogens with one attached hydrogen (secondary N) is 2. The van der Waals surface area contributed by atoms with E-state index in [1.54, 1.807) is 41.3 Å². The SMILES string of the molecule is NC(=O)c1nnc(N2CC[C@@H](NC(=O)c3ccccc3)C2)nc1Nc1ccc(C(=O)N2CCOCC2)cc1. The molecule has 2 aliphatic heterocycles. The average Bonchev–Trinajstić information content (AvgIpc) is 3.42. The molecule has 4 N–H and O–H groups in total. The van der Waals surface area contributed by atoms with Crippen molar-refractivity contribution in [2.45, 2.75) is 12.5 Å². The molecule has 3 aromatic rings. The number of primary amides is 1. The van der Waals surface area contributed by atoms with Gasteiger partial charge in [0.2, 0.25) is 5.95 Å². The summed E-state index contributed by atoms with van der Waals surface area (Å²) in [5, 5.41) is 14.2. The van der Waals surface area contributed by atoms with Gasteiger partial charge in [-0.2, -0.15) is 4.98 Å². The summed E-state index contributed by atoms with van der Waals surface area (Å²) >= 11 is 0. The van der Waals surface area contributed by atoms with Crippen LogP contribution in [0.15, 0.2) is 54.6 Å². The van der Waals surface area contributed by atoms with Crippen LogP contribution in [0.5, 0.6) is 0 Å². The van der Waals surface area contributed by atoms with Gasteiger partial charge >= 0.3 is 0 Å². The maximum absolute atomic E-state index is 12.7. The molecule has 3 amide bonds. The molecule has 0 radical (unpaired) electrons. The first-order valence-corrected chi connectivity index (χ1v) is 12.4. The monoisotopic (exact) mass is 516 g/mol. The highest BCUT2D eigenvalue weighted by atomic mass is 16.5. The fourth-order valence-electron chi connectivity index (χ4n) is 4.40. The van der Waals surface area contributed by atoms with Gasteiger partial charge < -0.3 is 30.9 Å². The smallest absolute Gasteiger partial charge is 0.273 e. The molecule has 0 aliphatic carbocycles. The molecule has 38 heavy (non-hydrogen) atoms. The van der Waals surface area contributed by atoms with E-state index in [0.29, 0.717) is 68.6 Å². The number of benzene rings is 2. The Balaban J connectivity index is 1.27. The summed E-state index contributed by atoms with van der Waals surface area (Å²) in [6.45, 7) is 3.28. The number of rotatable bonds is 7. The van der Waals surface area contributed by atoms with E-state index in [9.17, 15) is 14.4 Å². The quantitative estimate of drug-likeness (QED) is 0.420. The number of hydrogen-bond acceptors (Lipinski definition) is 9. The second-order valence-corrected chi connectivity index (χ2v) is 9.05. The molecule has 5 rings (SSSR count). The minimum atomic E-state index is -0.771. The number of nitrogens with two attached hydrogens (primary N) is 1. The third-order valence-corrected chi connectivity index (χ3v) is 6.44. The van der Waals surface area contributed by atoms with Crippen LogP contribution in [-0.2, 0) is 4.74 Å². The van der Waals surface area contributed by atoms with Crippen LogP contribution >= 0.6 is 0 Å². The maximum atomic E-state index is 12.7. The van der Waals surface area contributed by atoms with Gasteiger partial charge in [-0.1, -0.05) is 18.2 Å². The summed E-state index contributed by atoms with van der Waals surface area (Å²) in [7, 11) is 0. The molecule has 0 unspecified atom stereocenters. The van der Waals surface area contributed by atoms with Crippen molar-refractivity contribution in [1.29, 1.82) is 0 Å². The molecule has 2 saturated heterocycles. The van der Waals surface area contributed by atoms with Crippen molar-refractivity contribution in [3.63, 3.8) is 0 Å². The van der Waals surface area contributed by atoms with Gasteiger partial charge in [0.1, 0.15) is 0 Å². The minimum absolute atomic E-state index is 0.0633. The van der Waals surface area contributed by atoms with Gasteiger partial charge in [0.15, 0.2) is 11.5 Å². The number of anilines is 3. The molecule has 1 aromatic heterocycles. The summed E-state index contributed by atoms with van der Waals surface area (Å²) < 4.78 is 5.31. The van der Waals surface area contributed by atoms with E-state index in [2.05, 4.69) is 25.8 Å². The number of morpholine rings is 1. The van der Waals surface area contributed by atoms with Crippen LogP contribution in [-0.4, -0.2) is 83.2 Å². The molecule has 2 aliphatic rings. The molecule has 0 spiro atoms. The van der Waals surface area contributed by atoms with E-state index in [4.69, 9.17) is 10.5 Å². The zero-order chi connectivity index (χ0) is 26.5. The summed E-state index contributed by atoms with van der Waals surface area (Å²) in [5.74, 6) is -0.503. The Kier molecular flexibility index (Phi) is 7.40. The molecule has 3 heterocycles. The molecular formula is C26H28N8O4. The lowest BCUT2D eigenvalue weighted by Gasteiger charge is -2.26. The first-order valence-electron chi connectivity index (χ1n) is 12.4. The van der Waals surface area contributed by atoms with Crippen LogP contribution in [0.25, 0.3) is 0 Å². The molecule has 196 valence electrons. The standard InChI is InChI=1S/C26H28N8O4/c27-22(35)21-23(28-19-8-6-18(7-9-19)25(37)33-12-14-38-15-13-33)30-26(32-31-21)34-11-10-20(16-34)29-24(36)17-4-2-1-3-5-17/h1-9,20H,10-16H2,(H2,27,35)(H,29,36)(H,28,30,32)/t20-/m1/s1. The van der Waals surface area contributed by atoms with Crippen LogP contribution < -0.4 is 21.3 Å². The Hall–Kier alpha value is -4.58. The van der Waals surface area contributed by atoms with Crippen LogP contribution in [0.1, 0.15) is 37.6 Å². The van der Waals surface area contributed by atoms with E-state index >= 15 is 0 Å². The van der Waals surface area contributed by atoms with Crippen molar-refractivity contribution < 1.29 is 19.1 Å². The number of hydrogen-bond donors (Lipinski definition) is 3. The zero-order valence-corrected chi connectivity index (χ0v) is 20.7. The Morgan fingerprint density at radius 3 is 2.37 bits per heavy atom. The highest BCUT2D eigenvalue weighted by Gasteiger charge is 2.27. The number of carbonyl (C=O) groups excluding carboxylic acids is 3. The summed E-state index contributed by atoms with van der Waals surface area (Å²) in [6.07, 6.45) is 0.709. The highest BCUT2D eigenvalue weighted by molar-refractivity contribution is 5.97. The first kappa shape index (κ1) is 25.1. The van der Waals surface area contributed by atoms with E-state index < -0.39 is 5.91 Å². The number of ether oxygens (including phenoxy) is 1. The van der Waals surface area contributed by atoms with E-state index in [1.807, 2.05) is 23.1 Å². The van der Waals surface area contributed by atoms with Crippen molar-refractivity contribution in [2.75, 3.05) is 49.6 Å². The average molecular weight is 517 g/mol. The molecule has 12 heteroatoms. The molecular weight excluding hydrogens is 488 g/mol. The first-order chi connectivity index (χ1) is 18.5. The predicted molar refractivity (Wildman–Crippen MR) is 139 cm³/mol. The molecule has 2 aromatic carbocycles. The van der Waals surface area contributed by atoms with Crippen molar-refractivity contribution >= 4 is 35.2 Å². The fraction of sp³-hybridized carbons (Fsp3) is 0.308. The van der Waals surface area contributed by atoms with E-state index in [1.165, 1.54) is 0 Å². The van der Waals surface area contributed by atoms with Crippen LogP contribution in [0.4, 0.5) is 17.5 Å². The van der Waals surface area contributed by atoms with Gasteiger partial charge in [0, 0.05) is 49.0 Å². The lowest BCUT2D eigenvalue weighted by atomic mass is 10.1. The number of amides is 3. The second kappa shape index (κ2) is 11.2. The van der Waals surface area contributed by atoms with Gasteiger partial charge in [-0.25, -0.2) is 0 Å². The van der Waals surface area contributed by atoms with E-state index in [-0.39, 0.29) is 29.4 Å². The summed E-state index contributed by atoms with van der Waals surface area (Å²) in [6, 6.07) is 15.8. The second-order valence-electron chi connectivity index (χ2n) is 9.05. The van der Waals surface area contributed by atoms with Gasteiger partial charge in [-0.05, 0) is 42.8 Å². The van der Waals surface area contributed by atoms with Crippen LogP contribution in [0, 0.1) is 0 Å². The number of nitrogens with zero attached hydrogens (tertiary/aromatic N) is 5. The Morgan fingerprint density at radius 1 is 0.921 bits per heavy atom. The van der Waals surface area contributed by atoms with Crippen molar-refractivity contribution in [2.24, 2.45) is 5.73 Å². The third kappa shape index (κ3) is 5.70. The van der Waals surface area contributed by atoms with Crippen molar-refractivity contribution in [3.05, 3.63) is 71.4 Å². The topological polar surface area (TPSA) is 156 Å². The van der Waals surface area contributed by atoms with Crippen molar-refractivity contribution in [3.8, 4) is 0 Å². The Labute approximate surface area is 219 Å². The molecule has 0 saturated carbocycles. The minimum Gasteiger partial charge on any atom is -0.378 e. The Morgan fingerprint density at radius 2 is 1.66 bits per heavy atom. The van der Waals surface area contributed by atoms with Crippen molar-refractivity contribution in [1.82, 2.24) is 25.4 Å². The lowest BCUT2D eigenvalue weighted by molar-refractivity contribution is 0.0303. The lowest BCUT2D eigenvalue weighted by Crippen LogP contribution is -2.40. The van der Waals surface area contributed by atoms with E-state index in [0.717, 1.165) is 0 Å². The predicted octanol–water partition coefficient (Wildman–Crippen LogP) is 1.20. The zero-order valence-electron chi connectivity index (χ0n) is 20.7. The van der Waals surface area contributed by atoms with Gasteiger partial charge in [-0.15, -0.1) is 10.2 Å². The number of carbonyl (C=O) groups is 3. The van der Waals surface area contributed by atoms with Gasteiger partial charge in [0.05, 0.1) is 13.2 Å². The third-order valence-electron chi connectivity index (χ3n) is 6.44. The van der Waals surface area contributed by atoms with Crippen LogP contribution in [0.3, 0.4) is 0 Å². The highest BCUT2D eigenvalue weighted by Crippen LogP contribution is 2.23. The fourth-order valence-corrected chi connectivity index (χ4v) is 4.40. The largest absolute Gasteiger partial charge is 0.378 e. The van der Waals surface area contributed by atoms with Gasteiger partial charge in [-0.3, -0.25) is 14.4 Å². The molecule has 0 bridgehead atoms. The van der Waals surface area contributed by atoms with Gasteiger partial charge in [0.25, 0.3) is 17.7 Å². The molecule has 2 fully saturated rings. The normalized spacial score (nSPS) is 17.2. The number of aromatic nitrogens is 3. The molecule has 12 nitrogen and oxygen atoms in total. The molecule has 1 atom stereocenters. The summed E-state index contributed by atoms with van der Waals surface area (Å²) in [4.78, 5) is 45.4. The Bertz CT molecular complexity index is 1310.